The van der Waals surface area contributed by atoms with Crippen molar-refractivity contribution in [3.05, 3.63) is 33.9 Å². The van der Waals surface area contributed by atoms with Gasteiger partial charge in [-0.2, -0.15) is 0 Å². The van der Waals surface area contributed by atoms with E-state index in [-0.39, 0.29) is 5.69 Å². The molecule has 0 aromatic heterocycles. The average Bonchev–Trinajstić information content (AvgIpc) is 2.29. The minimum absolute atomic E-state index is 0.0247. The number of nitro groups is 1. The molecular weight excluding hydrogens is 232 g/mol. The summed E-state index contributed by atoms with van der Waals surface area (Å²) in [7, 11) is 0. The highest BCUT2D eigenvalue weighted by Crippen LogP contribution is 2.28. The molecule has 0 amide bonds. The number of rotatable bonds is 7. The SMILES string of the molecule is CCNC(C)Cc1ccc([N+](=O)[O-])c(OCC)c1. The highest BCUT2D eigenvalue weighted by Gasteiger charge is 2.15. The Morgan fingerprint density at radius 1 is 1.44 bits per heavy atom. The van der Waals surface area contributed by atoms with Gasteiger partial charge in [0.1, 0.15) is 0 Å². The van der Waals surface area contributed by atoms with Crippen molar-refractivity contribution in [2.45, 2.75) is 33.2 Å². The number of nitrogens with one attached hydrogen (secondary N) is 1. The van der Waals surface area contributed by atoms with Crippen molar-refractivity contribution in [1.82, 2.24) is 5.32 Å². The van der Waals surface area contributed by atoms with Crippen molar-refractivity contribution >= 4 is 5.69 Å². The lowest BCUT2D eigenvalue weighted by atomic mass is 10.1. The van der Waals surface area contributed by atoms with E-state index in [0.717, 1.165) is 18.5 Å². The van der Waals surface area contributed by atoms with E-state index in [1.807, 2.05) is 6.92 Å². The van der Waals surface area contributed by atoms with Gasteiger partial charge in [0.05, 0.1) is 11.5 Å². The minimum Gasteiger partial charge on any atom is -0.487 e. The summed E-state index contributed by atoms with van der Waals surface area (Å²) in [5, 5.41) is 14.2. The molecule has 0 radical (unpaired) electrons. The minimum atomic E-state index is -0.414. The Morgan fingerprint density at radius 2 is 2.17 bits per heavy atom. The van der Waals surface area contributed by atoms with Crippen molar-refractivity contribution in [2.24, 2.45) is 0 Å². The summed E-state index contributed by atoms with van der Waals surface area (Å²) in [5.74, 6) is 0.351. The predicted octanol–water partition coefficient (Wildman–Crippen LogP) is 2.53. The zero-order valence-electron chi connectivity index (χ0n) is 11.1. The van der Waals surface area contributed by atoms with Crippen LogP contribution in [0.1, 0.15) is 26.3 Å². The highest BCUT2D eigenvalue weighted by molar-refractivity contribution is 5.48. The second-order valence-corrected chi connectivity index (χ2v) is 4.16. The number of nitrogens with zero attached hydrogens (tertiary/aromatic N) is 1. The Labute approximate surface area is 107 Å². The van der Waals surface area contributed by atoms with Crippen molar-refractivity contribution in [3.8, 4) is 5.75 Å². The first kappa shape index (κ1) is 14.4. The van der Waals surface area contributed by atoms with Crippen molar-refractivity contribution in [3.63, 3.8) is 0 Å². The van der Waals surface area contributed by atoms with Crippen molar-refractivity contribution in [2.75, 3.05) is 13.2 Å². The topological polar surface area (TPSA) is 64.4 Å². The van der Waals surface area contributed by atoms with Crippen LogP contribution in [0.5, 0.6) is 5.75 Å². The largest absolute Gasteiger partial charge is 0.487 e. The second kappa shape index (κ2) is 6.96. The van der Waals surface area contributed by atoms with Gasteiger partial charge in [-0.3, -0.25) is 10.1 Å². The Balaban J connectivity index is 2.88. The van der Waals surface area contributed by atoms with E-state index < -0.39 is 4.92 Å². The fraction of sp³-hybridized carbons (Fsp3) is 0.538. The Morgan fingerprint density at radius 3 is 2.72 bits per heavy atom. The van der Waals surface area contributed by atoms with E-state index in [9.17, 15) is 10.1 Å². The summed E-state index contributed by atoms with van der Waals surface area (Å²) in [6.07, 6.45) is 0.825. The molecular formula is C13H20N2O3. The fourth-order valence-corrected chi connectivity index (χ4v) is 1.88. The molecule has 0 spiro atoms. The van der Waals surface area contributed by atoms with Gasteiger partial charge in [0.25, 0.3) is 0 Å². The third kappa shape index (κ3) is 4.00. The second-order valence-electron chi connectivity index (χ2n) is 4.16. The van der Waals surface area contributed by atoms with Gasteiger partial charge in [-0.15, -0.1) is 0 Å². The normalized spacial score (nSPS) is 12.2. The Kier molecular flexibility index (Phi) is 5.58. The molecule has 1 atom stereocenters. The van der Waals surface area contributed by atoms with Crippen molar-refractivity contribution in [1.29, 1.82) is 0 Å². The van der Waals surface area contributed by atoms with Gasteiger partial charge in [0.15, 0.2) is 5.75 Å². The molecule has 1 aromatic carbocycles. The van der Waals surface area contributed by atoms with Gasteiger partial charge < -0.3 is 10.1 Å². The number of benzene rings is 1. The van der Waals surface area contributed by atoms with E-state index in [0.29, 0.717) is 18.4 Å². The highest BCUT2D eigenvalue weighted by atomic mass is 16.6. The number of hydrogen-bond donors (Lipinski definition) is 1. The van der Waals surface area contributed by atoms with Crippen LogP contribution in [-0.2, 0) is 6.42 Å². The molecule has 5 nitrogen and oxygen atoms in total. The van der Waals surface area contributed by atoms with Gasteiger partial charge in [0, 0.05) is 12.1 Å². The van der Waals surface area contributed by atoms with Crippen LogP contribution in [0.15, 0.2) is 18.2 Å². The monoisotopic (exact) mass is 252 g/mol. The van der Waals surface area contributed by atoms with Crippen molar-refractivity contribution < 1.29 is 9.66 Å². The molecule has 0 aliphatic carbocycles. The smallest absolute Gasteiger partial charge is 0.310 e. The molecule has 0 heterocycles. The zero-order valence-corrected chi connectivity index (χ0v) is 11.1. The van der Waals surface area contributed by atoms with Crippen LogP contribution in [0.2, 0.25) is 0 Å². The Hall–Kier alpha value is -1.62. The van der Waals surface area contributed by atoms with E-state index in [4.69, 9.17) is 4.74 Å². The lowest BCUT2D eigenvalue weighted by Crippen LogP contribution is -2.27. The molecule has 1 unspecified atom stereocenters. The lowest BCUT2D eigenvalue weighted by molar-refractivity contribution is -0.385. The maximum atomic E-state index is 10.8. The first-order chi connectivity index (χ1) is 8.58. The van der Waals surface area contributed by atoms with E-state index in [2.05, 4.69) is 19.2 Å². The quantitative estimate of drug-likeness (QED) is 0.598. The van der Waals surface area contributed by atoms with Crippen LogP contribution >= 0.6 is 0 Å². The number of ether oxygens (including phenoxy) is 1. The summed E-state index contributed by atoms with van der Waals surface area (Å²) in [4.78, 5) is 10.4. The molecule has 0 fully saturated rings. The van der Waals surface area contributed by atoms with Gasteiger partial charge in [-0.1, -0.05) is 13.0 Å². The van der Waals surface area contributed by atoms with E-state index >= 15 is 0 Å². The summed E-state index contributed by atoms with van der Waals surface area (Å²) >= 11 is 0. The van der Waals surface area contributed by atoms with Crippen LogP contribution in [0.3, 0.4) is 0 Å². The maximum Gasteiger partial charge on any atom is 0.310 e. The number of hydrogen-bond acceptors (Lipinski definition) is 4. The molecule has 0 aliphatic heterocycles. The number of nitro benzene ring substituents is 1. The molecule has 0 aliphatic rings. The van der Waals surface area contributed by atoms with Gasteiger partial charge >= 0.3 is 5.69 Å². The summed E-state index contributed by atoms with van der Waals surface area (Å²) in [6.45, 7) is 7.29. The molecule has 18 heavy (non-hydrogen) atoms. The van der Waals surface area contributed by atoms with Crippen LogP contribution < -0.4 is 10.1 Å². The lowest BCUT2D eigenvalue weighted by Gasteiger charge is -2.13. The first-order valence-electron chi connectivity index (χ1n) is 6.22. The molecule has 0 bridgehead atoms. The molecule has 1 N–H and O–H groups in total. The summed E-state index contributed by atoms with van der Waals surface area (Å²) in [5.41, 5.74) is 1.06. The van der Waals surface area contributed by atoms with Gasteiger partial charge in [-0.25, -0.2) is 0 Å². The fourth-order valence-electron chi connectivity index (χ4n) is 1.88. The van der Waals surface area contributed by atoms with Crippen LogP contribution in [0.25, 0.3) is 0 Å². The van der Waals surface area contributed by atoms with E-state index in [1.165, 1.54) is 6.07 Å². The summed E-state index contributed by atoms with van der Waals surface area (Å²) < 4.78 is 5.32. The zero-order chi connectivity index (χ0) is 13.5. The molecule has 100 valence electrons. The molecule has 5 heteroatoms. The van der Waals surface area contributed by atoms with Gasteiger partial charge in [0.2, 0.25) is 0 Å². The maximum absolute atomic E-state index is 10.8. The average molecular weight is 252 g/mol. The van der Waals surface area contributed by atoms with Gasteiger partial charge in [-0.05, 0) is 38.4 Å². The Bertz CT molecular complexity index is 407. The first-order valence-corrected chi connectivity index (χ1v) is 6.22. The molecule has 0 saturated heterocycles. The third-order valence-corrected chi connectivity index (χ3v) is 2.62. The molecule has 1 rings (SSSR count). The molecule has 0 saturated carbocycles. The van der Waals surface area contributed by atoms with E-state index in [1.54, 1.807) is 12.1 Å². The third-order valence-electron chi connectivity index (χ3n) is 2.62. The molecule has 1 aromatic rings. The van der Waals surface area contributed by atoms with Crippen LogP contribution in [-0.4, -0.2) is 24.1 Å². The predicted molar refractivity (Wildman–Crippen MR) is 71.1 cm³/mol. The van der Waals surface area contributed by atoms with Crippen LogP contribution in [0.4, 0.5) is 5.69 Å². The standard InChI is InChI=1S/C13H20N2O3/c1-4-14-10(3)8-11-6-7-12(15(16)17)13(9-11)18-5-2/h6-7,9-10,14H,4-5,8H2,1-3H3. The number of likely N-dealkylation sites (N-methyl/N-ethyl adjacent to an activating group) is 1. The van der Waals surface area contributed by atoms with Crippen LogP contribution in [0, 0.1) is 10.1 Å². The summed E-state index contributed by atoms with van der Waals surface area (Å²) in [6, 6.07) is 5.40.